The van der Waals surface area contributed by atoms with E-state index < -0.39 is 11.7 Å². The Labute approximate surface area is 162 Å². The molecule has 1 aromatic heterocycles. The van der Waals surface area contributed by atoms with Crippen LogP contribution in [0.2, 0.25) is 0 Å². The quantitative estimate of drug-likeness (QED) is 0.829. The molecule has 1 aliphatic heterocycles. The van der Waals surface area contributed by atoms with Crippen LogP contribution in [0.5, 0.6) is 0 Å². The van der Waals surface area contributed by atoms with E-state index >= 15 is 0 Å². The molecule has 3 aliphatic rings. The van der Waals surface area contributed by atoms with E-state index in [1.54, 1.807) is 4.90 Å². The summed E-state index contributed by atoms with van der Waals surface area (Å²) < 4.78 is 46.3. The maximum absolute atomic E-state index is 13.4. The van der Waals surface area contributed by atoms with Gasteiger partial charge in [0.25, 0.3) is 0 Å². The molecular formula is C20H26F3N3O2. The van der Waals surface area contributed by atoms with Crippen LogP contribution in [0.25, 0.3) is 0 Å². The molecule has 1 amide bonds. The van der Waals surface area contributed by atoms with E-state index in [0.717, 1.165) is 18.9 Å². The summed E-state index contributed by atoms with van der Waals surface area (Å²) in [6.45, 7) is 3.27. The highest BCUT2D eigenvalue weighted by molar-refractivity contribution is 5.73. The zero-order chi connectivity index (χ0) is 19.9. The minimum absolute atomic E-state index is 0.0101. The number of amides is 1. The lowest BCUT2D eigenvalue weighted by atomic mass is 9.77. The Balaban J connectivity index is 1.49. The largest absolute Gasteiger partial charge is 0.419 e. The van der Waals surface area contributed by atoms with Crippen molar-refractivity contribution in [2.45, 2.75) is 50.9 Å². The van der Waals surface area contributed by atoms with E-state index in [-0.39, 0.29) is 35.7 Å². The summed E-state index contributed by atoms with van der Waals surface area (Å²) >= 11 is 0. The molecule has 8 heteroatoms. The highest BCUT2D eigenvalue weighted by Crippen LogP contribution is 2.42. The average Bonchev–Trinajstić information content (AvgIpc) is 3.37. The minimum Gasteiger partial charge on any atom is -0.376 e. The number of fused-ring (bicyclic) bond motifs is 1. The first-order chi connectivity index (χ1) is 13.3. The summed E-state index contributed by atoms with van der Waals surface area (Å²) in [6, 6.07) is 2.33. The van der Waals surface area contributed by atoms with Crippen molar-refractivity contribution < 1.29 is 22.7 Å². The van der Waals surface area contributed by atoms with E-state index in [0.29, 0.717) is 25.6 Å². The lowest BCUT2D eigenvalue weighted by molar-refractivity contribution is -0.137. The van der Waals surface area contributed by atoms with Gasteiger partial charge < -0.3 is 15.0 Å². The van der Waals surface area contributed by atoms with Crippen molar-refractivity contribution in [2.75, 3.05) is 24.6 Å². The van der Waals surface area contributed by atoms with Gasteiger partial charge in [0.15, 0.2) is 0 Å². The molecule has 1 saturated heterocycles. The van der Waals surface area contributed by atoms with Crippen LogP contribution in [0.3, 0.4) is 0 Å². The maximum atomic E-state index is 13.4. The molecule has 2 heterocycles. The molecule has 0 bridgehead atoms. The van der Waals surface area contributed by atoms with Gasteiger partial charge in [-0.25, -0.2) is 4.98 Å². The number of hydrogen-bond acceptors (Lipinski definition) is 4. The van der Waals surface area contributed by atoms with Crippen molar-refractivity contribution in [3.8, 4) is 0 Å². The molecule has 0 spiro atoms. The van der Waals surface area contributed by atoms with E-state index in [9.17, 15) is 18.0 Å². The number of aromatic nitrogens is 1. The number of nitrogens with one attached hydrogen (secondary N) is 1. The number of carbonyl (C=O) groups is 1. The van der Waals surface area contributed by atoms with Crippen LogP contribution >= 0.6 is 0 Å². The number of anilines is 1. The SMILES string of the molecule is CC(=O)N[C@@H]1C[C@@H]2CN(c3ncccc3C(F)(F)F)C[C@@H]2C[C@H]1OCC1CC1. The Hall–Kier alpha value is -1.83. The van der Waals surface area contributed by atoms with Gasteiger partial charge in [-0.15, -0.1) is 0 Å². The molecule has 5 nitrogen and oxygen atoms in total. The number of halogens is 3. The van der Waals surface area contributed by atoms with Crippen LogP contribution in [-0.4, -0.2) is 42.7 Å². The van der Waals surface area contributed by atoms with Gasteiger partial charge in [-0.3, -0.25) is 4.79 Å². The van der Waals surface area contributed by atoms with E-state index in [1.165, 1.54) is 32.0 Å². The molecule has 0 unspecified atom stereocenters. The van der Waals surface area contributed by atoms with Gasteiger partial charge in [0.2, 0.25) is 5.91 Å². The molecule has 154 valence electrons. The number of nitrogens with zero attached hydrogens (tertiary/aromatic N) is 2. The third kappa shape index (κ3) is 4.26. The van der Waals surface area contributed by atoms with Crippen molar-refractivity contribution in [2.24, 2.45) is 17.8 Å². The Morgan fingerprint density at radius 2 is 2.00 bits per heavy atom. The number of carbonyl (C=O) groups excluding carboxylic acids is 1. The zero-order valence-electron chi connectivity index (χ0n) is 15.9. The van der Waals surface area contributed by atoms with Crippen LogP contribution in [0.15, 0.2) is 18.3 Å². The minimum atomic E-state index is -4.42. The number of ether oxygens (including phenoxy) is 1. The lowest BCUT2D eigenvalue weighted by Gasteiger charge is -2.38. The molecule has 1 N–H and O–H groups in total. The highest BCUT2D eigenvalue weighted by atomic mass is 19.4. The number of hydrogen-bond donors (Lipinski definition) is 1. The summed E-state index contributed by atoms with van der Waals surface area (Å²) in [5, 5.41) is 3.00. The molecule has 28 heavy (non-hydrogen) atoms. The van der Waals surface area contributed by atoms with Crippen molar-refractivity contribution in [3.63, 3.8) is 0 Å². The first-order valence-electron chi connectivity index (χ1n) is 9.97. The maximum Gasteiger partial charge on any atom is 0.419 e. The van der Waals surface area contributed by atoms with Crippen molar-refractivity contribution in [1.82, 2.24) is 10.3 Å². The highest BCUT2D eigenvalue weighted by Gasteiger charge is 2.45. The van der Waals surface area contributed by atoms with Gasteiger partial charge in [-0.2, -0.15) is 13.2 Å². The molecule has 0 radical (unpaired) electrons. The molecule has 4 rings (SSSR count). The van der Waals surface area contributed by atoms with Crippen molar-refractivity contribution in [3.05, 3.63) is 23.9 Å². The second kappa shape index (κ2) is 7.54. The summed E-state index contributed by atoms with van der Waals surface area (Å²) in [5.74, 6) is 1.01. The summed E-state index contributed by atoms with van der Waals surface area (Å²) in [4.78, 5) is 17.4. The predicted octanol–water partition coefficient (Wildman–Crippen LogP) is 3.25. The molecule has 3 fully saturated rings. The van der Waals surface area contributed by atoms with E-state index in [4.69, 9.17) is 4.74 Å². The molecule has 2 aliphatic carbocycles. The Morgan fingerprint density at radius 1 is 1.29 bits per heavy atom. The van der Waals surface area contributed by atoms with Gasteiger partial charge in [0.1, 0.15) is 5.82 Å². The number of alkyl halides is 3. The topological polar surface area (TPSA) is 54.5 Å². The fourth-order valence-electron chi connectivity index (χ4n) is 4.60. The Kier molecular flexibility index (Phi) is 5.24. The van der Waals surface area contributed by atoms with Gasteiger partial charge in [0, 0.05) is 32.8 Å². The molecule has 0 aromatic carbocycles. The van der Waals surface area contributed by atoms with Crippen LogP contribution in [-0.2, 0) is 15.7 Å². The fourth-order valence-corrected chi connectivity index (χ4v) is 4.60. The van der Waals surface area contributed by atoms with Crippen LogP contribution < -0.4 is 10.2 Å². The fraction of sp³-hybridized carbons (Fsp3) is 0.700. The Morgan fingerprint density at radius 3 is 2.64 bits per heavy atom. The summed E-state index contributed by atoms with van der Waals surface area (Å²) in [5.41, 5.74) is -0.686. The molecule has 4 atom stereocenters. The number of pyridine rings is 1. The molecular weight excluding hydrogens is 371 g/mol. The summed E-state index contributed by atoms with van der Waals surface area (Å²) in [6.07, 6.45) is 0.780. The predicted molar refractivity (Wildman–Crippen MR) is 97.7 cm³/mol. The normalized spacial score (nSPS) is 30.2. The second-order valence-corrected chi connectivity index (χ2v) is 8.39. The van der Waals surface area contributed by atoms with Gasteiger partial charge >= 0.3 is 6.18 Å². The molecule has 1 aromatic rings. The van der Waals surface area contributed by atoms with E-state index in [1.807, 2.05) is 0 Å². The van der Waals surface area contributed by atoms with Crippen LogP contribution in [0.4, 0.5) is 19.0 Å². The monoisotopic (exact) mass is 397 g/mol. The van der Waals surface area contributed by atoms with Crippen molar-refractivity contribution in [1.29, 1.82) is 0 Å². The van der Waals surface area contributed by atoms with Crippen LogP contribution in [0, 0.1) is 17.8 Å². The summed E-state index contributed by atoms with van der Waals surface area (Å²) in [7, 11) is 0. The smallest absolute Gasteiger partial charge is 0.376 e. The first kappa shape index (κ1) is 19.5. The van der Waals surface area contributed by atoms with Crippen molar-refractivity contribution >= 4 is 11.7 Å². The third-order valence-corrected chi connectivity index (χ3v) is 6.14. The van der Waals surface area contributed by atoms with Gasteiger partial charge in [-0.05, 0) is 55.6 Å². The second-order valence-electron chi connectivity index (χ2n) is 8.39. The van der Waals surface area contributed by atoms with Gasteiger partial charge in [-0.1, -0.05) is 0 Å². The van der Waals surface area contributed by atoms with E-state index in [2.05, 4.69) is 10.3 Å². The molecule has 2 saturated carbocycles. The average molecular weight is 397 g/mol. The zero-order valence-corrected chi connectivity index (χ0v) is 15.9. The standard InChI is InChI=1S/C20H26F3N3O2/c1-12(27)25-17-7-14-9-26(19-16(20(21,22)23)3-2-6-24-19)10-15(14)8-18(17)28-11-13-4-5-13/h2-3,6,13-15,17-18H,4-5,7-11H2,1H3,(H,25,27)/t14-,15+,17-,18-/m1/s1. The van der Waals surface area contributed by atoms with Gasteiger partial charge in [0.05, 0.1) is 17.7 Å². The lowest BCUT2D eigenvalue weighted by Crippen LogP contribution is -2.50. The number of rotatable bonds is 5. The van der Waals surface area contributed by atoms with Crippen LogP contribution in [0.1, 0.15) is 38.2 Å². The first-order valence-corrected chi connectivity index (χ1v) is 9.97. The Bertz CT molecular complexity index is 723. The third-order valence-electron chi connectivity index (χ3n) is 6.14.